The average molecular weight is 387 g/mol. The molecular weight excluding hydrogens is 362 g/mol. The standard InChI is InChI=1S/C19H25N5O4/c1-12-10-14(15-16(20-12)22(2)21-17(15)25)19(27)24-5-3-4-13(11-24)18(26)23-6-8-28-9-7-23/h10,13H,3-9,11H2,1-2H3,(H,21,25). The number of rotatable bonds is 2. The van der Waals surface area contributed by atoms with Gasteiger partial charge in [0.2, 0.25) is 5.91 Å². The van der Waals surface area contributed by atoms with Gasteiger partial charge in [0.15, 0.2) is 5.65 Å². The van der Waals surface area contributed by atoms with Gasteiger partial charge < -0.3 is 14.5 Å². The number of ether oxygens (including phenoxy) is 1. The van der Waals surface area contributed by atoms with E-state index < -0.39 is 0 Å². The fourth-order valence-corrected chi connectivity index (χ4v) is 4.13. The van der Waals surface area contributed by atoms with Gasteiger partial charge in [0.25, 0.3) is 11.5 Å². The van der Waals surface area contributed by atoms with Crippen molar-refractivity contribution in [2.45, 2.75) is 19.8 Å². The Balaban J connectivity index is 1.59. The molecule has 1 unspecified atom stereocenters. The summed E-state index contributed by atoms with van der Waals surface area (Å²) in [5.74, 6) is -0.329. The number of amides is 2. The zero-order chi connectivity index (χ0) is 19.8. The maximum atomic E-state index is 13.3. The molecule has 0 radical (unpaired) electrons. The first kappa shape index (κ1) is 18.7. The molecule has 1 atom stereocenters. The molecule has 2 aliphatic rings. The number of pyridine rings is 1. The summed E-state index contributed by atoms with van der Waals surface area (Å²) >= 11 is 0. The van der Waals surface area contributed by atoms with Gasteiger partial charge in [-0.2, -0.15) is 0 Å². The monoisotopic (exact) mass is 387 g/mol. The maximum absolute atomic E-state index is 13.3. The smallest absolute Gasteiger partial charge is 0.274 e. The number of fused-ring (bicyclic) bond motifs is 1. The summed E-state index contributed by atoms with van der Waals surface area (Å²) < 4.78 is 6.85. The molecule has 4 rings (SSSR count). The normalized spacial score (nSPS) is 20.6. The molecule has 2 aromatic heterocycles. The topological polar surface area (TPSA) is 101 Å². The van der Waals surface area contributed by atoms with Crippen LogP contribution in [-0.2, 0) is 16.6 Å². The van der Waals surface area contributed by atoms with E-state index in [1.807, 2.05) is 4.90 Å². The molecule has 1 N–H and O–H groups in total. The van der Waals surface area contributed by atoms with Gasteiger partial charge in [0, 0.05) is 38.9 Å². The number of aromatic nitrogens is 3. The van der Waals surface area contributed by atoms with Gasteiger partial charge in [0.05, 0.1) is 30.1 Å². The lowest BCUT2D eigenvalue weighted by Crippen LogP contribution is -2.49. The fraction of sp³-hybridized carbons (Fsp3) is 0.579. The van der Waals surface area contributed by atoms with E-state index in [9.17, 15) is 14.4 Å². The zero-order valence-electron chi connectivity index (χ0n) is 16.2. The second-order valence-corrected chi connectivity index (χ2v) is 7.54. The second kappa shape index (κ2) is 7.38. The van der Waals surface area contributed by atoms with Crippen LogP contribution < -0.4 is 5.56 Å². The Hall–Kier alpha value is -2.68. The Labute approximate surface area is 162 Å². The van der Waals surface area contributed by atoms with Crippen molar-refractivity contribution < 1.29 is 14.3 Å². The molecule has 2 aliphatic heterocycles. The van der Waals surface area contributed by atoms with E-state index in [0.29, 0.717) is 61.7 Å². The molecular formula is C19H25N5O4. The van der Waals surface area contributed by atoms with Gasteiger partial charge in [-0.15, -0.1) is 0 Å². The Kier molecular flexibility index (Phi) is 4.92. The number of aryl methyl sites for hydroxylation is 2. The van der Waals surface area contributed by atoms with Crippen LogP contribution in [0.25, 0.3) is 11.0 Å². The van der Waals surface area contributed by atoms with Crippen LogP contribution in [0.3, 0.4) is 0 Å². The van der Waals surface area contributed by atoms with Crippen molar-refractivity contribution in [2.75, 3.05) is 39.4 Å². The first-order chi connectivity index (χ1) is 13.5. The summed E-state index contributed by atoms with van der Waals surface area (Å²) in [6.45, 7) is 5.09. The molecule has 2 fully saturated rings. The zero-order valence-corrected chi connectivity index (χ0v) is 16.2. The number of H-pyrrole nitrogens is 1. The van der Waals surface area contributed by atoms with Crippen LogP contribution in [0.4, 0.5) is 0 Å². The highest BCUT2D eigenvalue weighted by atomic mass is 16.5. The first-order valence-electron chi connectivity index (χ1n) is 9.68. The summed E-state index contributed by atoms with van der Waals surface area (Å²) in [7, 11) is 1.70. The summed E-state index contributed by atoms with van der Waals surface area (Å²) in [5.41, 5.74) is 1.16. The molecule has 0 spiro atoms. The summed E-state index contributed by atoms with van der Waals surface area (Å²) in [6, 6.07) is 1.66. The summed E-state index contributed by atoms with van der Waals surface area (Å²) in [6.07, 6.45) is 1.54. The van der Waals surface area contributed by atoms with Crippen molar-refractivity contribution in [1.29, 1.82) is 0 Å². The Morgan fingerprint density at radius 1 is 1.21 bits per heavy atom. The van der Waals surface area contributed by atoms with Crippen LogP contribution in [0, 0.1) is 12.8 Å². The number of nitrogens with zero attached hydrogens (tertiary/aromatic N) is 4. The molecule has 4 heterocycles. The van der Waals surface area contributed by atoms with Gasteiger partial charge in [-0.05, 0) is 25.8 Å². The number of hydrogen-bond acceptors (Lipinski definition) is 5. The van der Waals surface area contributed by atoms with E-state index in [1.54, 1.807) is 24.9 Å². The van der Waals surface area contributed by atoms with Gasteiger partial charge in [-0.3, -0.25) is 24.2 Å². The van der Waals surface area contributed by atoms with Crippen molar-refractivity contribution in [2.24, 2.45) is 13.0 Å². The van der Waals surface area contributed by atoms with Crippen molar-refractivity contribution in [3.63, 3.8) is 0 Å². The van der Waals surface area contributed by atoms with Crippen LogP contribution in [0.5, 0.6) is 0 Å². The average Bonchev–Trinajstić information content (AvgIpc) is 3.00. The number of piperidine rings is 1. The van der Waals surface area contributed by atoms with Crippen molar-refractivity contribution in [3.8, 4) is 0 Å². The molecule has 0 aliphatic carbocycles. The van der Waals surface area contributed by atoms with Gasteiger partial charge >= 0.3 is 0 Å². The number of hydrogen-bond donors (Lipinski definition) is 1. The lowest BCUT2D eigenvalue weighted by molar-refractivity contribution is -0.141. The van der Waals surface area contributed by atoms with E-state index >= 15 is 0 Å². The van der Waals surface area contributed by atoms with E-state index in [-0.39, 0.29) is 23.3 Å². The minimum Gasteiger partial charge on any atom is -0.378 e. The largest absolute Gasteiger partial charge is 0.378 e. The fourth-order valence-electron chi connectivity index (χ4n) is 4.13. The highest BCUT2D eigenvalue weighted by molar-refractivity contribution is 6.05. The van der Waals surface area contributed by atoms with Crippen LogP contribution >= 0.6 is 0 Å². The Bertz CT molecular complexity index is 973. The molecule has 0 saturated carbocycles. The van der Waals surface area contributed by atoms with E-state index in [0.717, 1.165) is 12.8 Å². The van der Waals surface area contributed by atoms with Crippen LogP contribution in [0.1, 0.15) is 28.9 Å². The second-order valence-electron chi connectivity index (χ2n) is 7.54. The lowest BCUT2D eigenvalue weighted by Gasteiger charge is -2.36. The highest BCUT2D eigenvalue weighted by Crippen LogP contribution is 2.23. The van der Waals surface area contributed by atoms with Crippen molar-refractivity contribution in [3.05, 3.63) is 27.7 Å². The van der Waals surface area contributed by atoms with Crippen LogP contribution in [-0.4, -0.2) is 75.8 Å². The minimum absolute atomic E-state index is 0.0921. The minimum atomic E-state index is -0.327. The van der Waals surface area contributed by atoms with E-state index in [1.165, 1.54) is 4.68 Å². The molecule has 0 bridgehead atoms. The summed E-state index contributed by atoms with van der Waals surface area (Å²) in [5, 5.41) is 2.97. The van der Waals surface area contributed by atoms with Crippen LogP contribution in [0.15, 0.2) is 10.9 Å². The van der Waals surface area contributed by atoms with E-state index in [4.69, 9.17) is 4.74 Å². The van der Waals surface area contributed by atoms with Gasteiger partial charge in [-0.1, -0.05) is 0 Å². The van der Waals surface area contributed by atoms with Gasteiger partial charge in [-0.25, -0.2) is 4.98 Å². The Morgan fingerprint density at radius 3 is 2.71 bits per heavy atom. The highest BCUT2D eigenvalue weighted by Gasteiger charge is 2.33. The number of likely N-dealkylation sites (tertiary alicyclic amines) is 1. The summed E-state index contributed by atoms with van der Waals surface area (Å²) in [4.78, 5) is 46.4. The molecule has 2 aromatic rings. The number of carbonyl (C=O) groups is 2. The Morgan fingerprint density at radius 2 is 1.96 bits per heavy atom. The van der Waals surface area contributed by atoms with Crippen LogP contribution in [0.2, 0.25) is 0 Å². The molecule has 28 heavy (non-hydrogen) atoms. The third kappa shape index (κ3) is 3.30. The third-order valence-electron chi connectivity index (χ3n) is 5.55. The molecule has 9 heteroatoms. The molecule has 2 amide bonds. The third-order valence-corrected chi connectivity index (χ3v) is 5.55. The number of nitrogens with one attached hydrogen (secondary N) is 1. The van der Waals surface area contributed by atoms with Gasteiger partial charge in [0.1, 0.15) is 0 Å². The molecule has 150 valence electrons. The van der Waals surface area contributed by atoms with Crippen molar-refractivity contribution >= 4 is 22.8 Å². The lowest BCUT2D eigenvalue weighted by atomic mass is 9.95. The SMILES string of the molecule is Cc1cc(C(=O)N2CCCC(C(=O)N3CCOCC3)C2)c2c(=O)[nH]n(C)c2n1. The number of carbonyl (C=O) groups excluding carboxylic acids is 2. The molecule has 0 aromatic carbocycles. The molecule has 9 nitrogen and oxygen atoms in total. The van der Waals surface area contributed by atoms with Crippen molar-refractivity contribution in [1.82, 2.24) is 24.6 Å². The number of morpholine rings is 1. The maximum Gasteiger partial charge on any atom is 0.274 e. The predicted molar refractivity (Wildman–Crippen MR) is 102 cm³/mol. The molecule has 2 saturated heterocycles. The van der Waals surface area contributed by atoms with E-state index in [2.05, 4.69) is 10.1 Å². The number of aromatic amines is 1. The predicted octanol–water partition coefficient (Wildman–Crippen LogP) is 0.281. The quantitative estimate of drug-likeness (QED) is 0.798. The first-order valence-corrected chi connectivity index (χ1v) is 9.68.